The van der Waals surface area contributed by atoms with E-state index >= 15 is 0 Å². The molecule has 0 bridgehead atoms. The molecule has 1 amide bonds. The van der Waals surface area contributed by atoms with E-state index in [2.05, 4.69) is 11.2 Å². The summed E-state index contributed by atoms with van der Waals surface area (Å²) >= 11 is 1.69. The van der Waals surface area contributed by atoms with E-state index in [0.29, 0.717) is 23.0 Å². The molecule has 0 unspecified atom stereocenters. The first-order valence-corrected chi connectivity index (χ1v) is 9.39. The van der Waals surface area contributed by atoms with E-state index in [0.717, 1.165) is 24.9 Å². The van der Waals surface area contributed by atoms with Crippen LogP contribution >= 0.6 is 11.3 Å². The zero-order chi connectivity index (χ0) is 17.5. The van der Waals surface area contributed by atoms with Crippen LogP contribution in [0.2, 0.25) is 0 Å². The van der Waals surface area contributed by atoms with Crippen LogP contribution in [0.1, 0.15) is 34.2 Å². The van der Waals surface area contributed by atoms with E-state index in [1.165, 1.54) is 4.88 Å². The Morgan fingerprint density at radius 3 is 3.00 bits per heavy atom. The van der Waals surface area contributed by atoms with Crippen LogP contribution in [0.3, 0.4) is 0 Å². The van der Waals surface area contributed by atoms with Crippen molar-refractivity contribution in [3.8, 4) is 22.8 Å². The van der Waals surface area contributed by atoms with Crippen LogP contribution < -0.4 is 9.47 Å². The number of hydrogen-bond donors (Lipinski definition) is 0. The molecule has 5 rings (SSSR count). The number of thiophene rings is 1. The summed E-state index contributed by atoms with van der Waals surface area (Å²) in [5.74, 6) is 1.83. The van der Waals surface area contributed by atoms with Crippen molar-refractivity contribution in [1.29, 1.82) is 0 Å². The molecular formula is C19H16N2O4S. The molecule has 0 N–H and O–H groups in total. The Hall–Kier alpha value is -2.80. The Bertz CT molecular complexity index is 950. The molecule has 26 heavy (non-hydrogen) atoms. The number of amides is 1. The monoisotopic (exact) mass is 368 g/mol. The minimum Gasteiger partial charge on any atom is -0.454 e. The summed E-state index contributed by atoms with van der Waals surface area (Å²) in [7, 11) is 0. The van der Waals surface area contributed by atoms with Gasteiger partial charge in [0.2, 0.25) is 6.79 Å². The van der Waals surface area contributed by atoms with Crippen LogP contribution in [-0.4, -0.2) is 29.3 Å². The van der Waals surface area contributed by atoms with Gasteiger partial charge in [-0.2, -0.15) is 0 Å². The van der Waals surface area contributed by atoms with Crippen molar-refractivity contribution in [2.45, 2.75) is 18.9 Å². The maximum atomic E-state index is 12.9. The number of fused-ring (bicyclic) bond motifs is 1. The van der Waals surface area contributed by atoms with Gasteiger partial charge >= 0.3 is 0 Å². The fraction of sp³-hybridized carbons (Fsp3) is 0.263. The second-order valence-electron chi connectivity index (χ2n) is 6.32. The molecule has 0 radical (unpaired) electrons. The largest absolute Gasteiger partial charge is 0.454 e. The number of ether oxygens (including phenoxy) is 2. The van der Waals surface area contributed by atoms with Crippen molar-refractivity contribution in [1.82, 2.24) is 10.1 Å². The molecule has 4 heterocycles. The molecule has 0 saturated carbocycles. The summed E-state index contributed by atoms with van der Waals surface area (Å²) in [4.78, 5) is 16.1. The normalized spacial score (nSPS) is 18.5. The highest BCUT2D eigenvalue weighted by molar-refractivity contribution is 7.10. The molecule has 1 fully saturated rings. The first-order chi connectivity index (χ1) is 12.8. The highest BCUT2D eigenvalue weighted by Crippen LogP contribution is 2.37. The molecule has 2 aliphatic heterocycles. The van der Waals surface area contributed by atoms with E-state index in [-0.39, 0.29) is 18.7 Å². The molecule has 0 aliphatic carbocycles. The Balaban J connectivity index is 1.40. The first kappa shape index (κ1) is 15.5. The number of hydrogen-bond acceptors (Lipinski definition) is 6. The van der Waals surface area contributed by atoms with Gasteiger partial charge in [-0.05, 0) is 42.5 Å². The highest BCUT2D eigenvalue weighted by Gasteiger charge is 2.32. The lowest BCUT2D eigenvalue weighted by Crippen LogP contribution is -2.30. The molecule has 1 atom stereocenters. The van der Waals surface area contributed by atoms with Gasteiger partial charge < -0.3 is 18.9 Å². The van der Waals surface area contributed by atoms with Crippen molar-refractivity contribution < 1.29 is 18.8 Å². The predicted octanol–water partition coefficient (Wildman–Crippen LogP) is 4.11. The second kappa shape index (κ2) is 6.17. The quantitative estimate of drug-likeness (QED) is 0.696. The predicted molar refractivity (Wildman–Crippen MR) is 95.4 cm³/mol. The number of benzene rings is 1. The summed E-state index contributed by atoms with van der Waals surface area (Å²) in [6.07, 6.45) is 1.99. The van der Waals surface area contributed by atoms with Crippen molar-refractivity contribution in [3.05, 3.63) is 52.3 Å². The fourth-order valence-electron chi connectivity index (χ4n) is 3.50. The highest BCUT2D eigenvalue weighted by atomic mass is 32.1. The molecule has 2 aromatic heterocycles. The van der Waals surface area contributed by atoms with Crippen molar-refractivity contribution in [2.24, 2.45) is 0 Å². The lowest BCUT2D eigenvalue weighted by atomic mass is 10.1. The second-order valence-corrected chi connectivity index (χ2v) is 7.30. The molecular weight excluding hydrogens is 352 g/mol. The minimum atomic E-state index is -0.0864. The average molecular weight is 368 g/mol. The lowest BCUT2D eigenvalue weighted by molar-refractivity contribution is 0.0727. The molecule has 3 aromatic rings. The van der Waals surface area contributed by atoms with Gasteiger partial charge in [0.15, 0.2) is 23.0 Å². The van der Waals surface area contributed by atoms with Crippen molar-refractivity contribution in [2.75, 3.05) is 13.3 Å². The summed E-state index contributed by atoms with van der Waals surface area (Å²) in [5.41, 5.74) is 1.14. The number of carbonyl (C=O) groups excluding carboxylic acids is 1. The maximum Gasteiger partial charge on any atom is 0.276 e. The molecule has 2 aliphatic rings. The molecule has 132 valence electrons. The van der Waals surface area contributed by atoms with Crippen molar-refractivity contribution in [3.63, 3.8) is 0 Å². The summed E-state index contributed by atoms with van der Waals surface area (Å²) in [6, 6.07) is 11.5. The molecule has 7 heteroatoms. The van der Waals surface area contributed by atoms with Crippen LogP contribution in [0, 0.1) is 0 Å². The molecule has 1 saturated heterocycles. The molecule has 0 spiro atoms. The van der Waals surface area contributed by atoms with Gasteiger partial charge in [0, 0.05) is 23.1 Å². The Labute approximate surface area is 153 Å². The summed E-state index contributed by atoms with van der Waals surface area (Å²) in [6.45, 7) is 0.964. The van der Waals surface area contributed by atoms with Gasteiger partial charge in [0.25, 0.3) is 5.91 Å². The molecule has 6 nitrogen and oxygen atoms in total. The number of nitrogens with zero attached hydrogens (tertiary/aromatic N) is 2. The van der Waals surface area contributed by atoms with E-state index in [1.807, 2.05) is 34.5 Å². The van der Waals surface area contributed by atoms with Crippen molar-refractivity contribution >= 4 is 17.2 Å². The maximum absolute atomic E-state index is 12.9. The lowest BCUT2D eigenvalue weighted by Gasteiger charge is -2.22. The van der Waals surface area contributed by atoms with E-state index in [1.54, 1.807) is 17.4 Å². The van der Waals surface area contributed by atoms with Crippen LogP contribution in [0.25, 0.3) is 11.3 Å². The third-order valence-corrected chi connectivity index (χ3v) is 5.75. The third kappa shape index (κ3) is 2.55. The van der Waals surface area contributed by atoms with E-state index in [4.69, 9.17) is 14.0 Å². The van der Waals surface area contributed by atoms with E-state index in [9.17, 15) is 4.79 Å². The zero-order valence-corrected chi connectivity index (χ0v) is 14.7. The van der Waals surface area contributed by atoms with Gasteiger partial charge in [0.1, 0.15) is 0 Å². The average Bonchev–Trinajstić information content (AvgIpc) is 3.47. The standard InChI is InChI=1S/C19H16N2O4S/c22-19(21-7-1-3-14(21)18-4-2-8-26-18)13-10-16(25-20-13)12-5-6-15-17(9-12)24-11-23-15/h2,4-6,8-10,14H,1,3,7,11H2/t14-/m0/s1. The molecule has 1 aromatic carbocycles. The summed E-state index contributed by atoms with van der Waals surface area (Å²) in [5, 5.41) is 6.06. The van der Waals surface area contributed by atoms with Gasteiger partial charge in [0.05, 0.1) is 6.04 Å². The summed E-state index contributed by atoms with van der Waals surface area (Å²) < 4.78 is 16.1. The topological polar surface area (TPSA) is 64.8 Å². The Kier molecular flexibility index (Phi) is 3.67. The smallest absolute Gasteiger partial charge is 0.276 e. The first-order valence-electron chi connectivity index (χ1n) is 8.51. The Morgan fingerprint density at radius 2 is 2.12 bits per heavy atom. The number of rotatable bonds is 3. The van der Waals surface area contributed by atoms with Crippen LogP contribution in [0.15, 0.2) is 46.3 Å². The van der Waals surface area contributed by atoms with E-state index < -0.39 is 0 Å². The number of likely N-dealkylation sites (tertiary alicyclic amines) is 1. The van der Waals surface area contributed by atoms with Crippen LogP contribution in [-0.2, 0) is 0 Å². The minimum absolute atomic E-state index is 0.0864. The third-order valence-electron chi connectivity index (χ3n) is 4.77. The van der Waals surface area contributed by atoms with Gasteiger partial charge in [-0.25, -0.2) is 0 Å². The number of aromatic nitrogens is 1. The van der Waals surface area contributed by atoms with Gasteiger partial charge in [-0.1, -0.05) is 11.2 Å². The SMILES string of the molecule is O=C(c1cc(-c2ccc3c(c2)OCO3)on1)N1CCC[C@H]1c1cccs1. The van der Waals surface area contributed by atoms with Crippen LogP contribution in [0.4, 0.5) is 0 Å². The van der Waals surface area contributed by atoms with Crippen LogP contribution in [0.5, 0.6) is 11.5 Å². The van der Waals surface area contributed by atoms with Gasteiger partial charge in [-0.15, -0.1) is 11.3 Å². The van der Waals surface area contributed by atoms with Gasteiger partial charge in [-0.3, -0.25) is 4.79 Å². The fourth-order valence-corrected chi connectivity index (χ4v) is 4.37. The zero-order valence-electron chi connectivity index (χ0n) is 13.9. The Morgan fingerprint density at radius 1 is 1.19 bits per heavy atom. The number of carbonyl (C=O) groups is 1.